The van der Waals surface area contributed by atoms with E-state index >= 15 is 0 Å². The maximum atomic E-state index is 4.05. The van der Waals surface area contributed by atoms with Gasteiger partial charge in [-0.25, -0.2) is 0 Å². The number of allylic oxidation sites excluding steroid dienone is 3. The van der Waals surface area contributed by atoms with Gasteiger partial charge in [0.1, 0.15) is 0 Å². The zero-order valence-corrected chi connectivity index (χ0v) is 6.09. The van der Waals surface area contributed by atoms with Crippen LogP contribution in [0, 0.1) is 0 Å². The highest BCUT2D eigenvalue weighted by molar-refractivity contribution is 5.77. The second-order valence-electron chi connectivity index (χ2n) is 1.77. The first-order valence-electron chi connectivity index (χ1n) is 3.10. The maximum absolute atomic E-state index is 4.05. The molecule has 0 N–H and O–H groups in total. The minimum Gasteiger partial charge on any atom is -0.293 e. The van der Waals surface area contributed by atoms with Gasteiger partial charge in [0.25, 0.3) is 0 Å². The molecule has 0 amide bonds. The van der Waals surface area contributed by atoms with Crippen molar-refractivity contribution in [3.8, 4) is 0 Å². The second kappa shape index (κ2) is 5.29. The number of nitrogens with zero attached hydrogens (tertiary/aromatic N) is 1. The number of rotatable bonds is 3. The maximum Gasteiger partial charge on any atom is 0.0361 e. The molecule has 50 valence electrons. The van der Waals surface area contributed by atoms with Crippen LogP contribution in [0.1, 0.15) is 13.8 Å². The molecule has 9 heavy (non-hydrogen) atoms. The molecule has 1 heteroatoms. The molecule has 0 atom stereocenters. The van der Waals surface area contributed by atoms with E-state index in [-0.39, 0.29) is 0 Å². The highest BCUT2D eigenvalue weighted by atomic mass is 14.7. The molecular weight excluding hydrogens is 110 g/mol. The number of hydrogen-bond donors (Lipinski definition) is 0. The second-order valence-corrected chi connectivity index (χ2v) is 1.77. The summed E-state index contributed by atoms with van der Waals surface area (Å²) < 4.78 is 0. The van der Waals surface area contributed by atoms with Crippen LogP contribution in [0.3, 0.4) is 0 Å². The average Bonchev–Trinajstić information content (AvgIpc) is 1.85. The summed E-state index contributed by atoms with van der Waals surface area (Å²) >= 11 is 0. The van der Waals surface area contributed by atoms with Gasteiger partial charge in [0, 0.05) is 12.8 Å². The van der Waals surface area contributed by atoms with Gasteiger partial charge in [-0.2, -0.15) is 0 Å². The fourth-order valence-electron chi connectivity index (χ4n) is 0.464. The summed E-state index contributed by atoms with van der Waals surface area (Å²) in [7, 11) is 0. The summed E-state index contributed by atoms with van der Waals surface area (Å²) in [6, 6.07) is 0. The van der Waals surface area contributed by atoms with Gasteiger partial charge in [0.15, 0.2) is 0 Å². The molecule has 0 heterocycles. The van der Waals surface area contributed by atoms with Gasteiger partial charge in [0.2, 0.25) is 0 Å². The van der Waals surface area contributed by atoms with Crippen LogP contribution in [0.15, 0.2) is 29.3 Å². The lowest BCUT2D eigenvalue weighted by Crippen LogP contribution is -1.77. The van der Waals surface area contributed by atoms with Crippen molar-refractivity contribution in [3.63, 3.8) is 0 Å². The Labute approximate surface area is 56.8 Å². The van der Waals surface area contributed by atoms with E-state index in [0.29, 0.717) is 0 Å². The van der Waals surface area contributed by atoms with Crippen molar-refractivity contribution in [2.75, 3.05) is 6.54 Å². The van der Waals surface area contributed by atoms with Gasteiger partial charge in [0.05, 0.1) is 0 Å². The van der Waals surface area contributed by atoms with Crippen molar-refractivity contribution in [2.45, 2.75) is 13.8 Å². The molecule has 0 unspecified atom stereocenters. The monoisotopic (exact) mass is 123 g/mol. The molecule has 0 saturated heterocycles. The van der Waals surface area contributed by atoms with Crippen LogP contribution in [0.4, 0.5) is 0 Å². The Morgan fingerprint density at radius 1 is 1.67 bits per heavy atom. The fraction of sp³-hybridized carbons (Fsp3) is 0.375. The van der Waals surface area contributed by atoms with Crippen molar-refractivity contribution >= 4 is 6.21 Å². The van der Waals surface area contributed by atoms with E-state index in [2.05, 4.69) is 11.6 Å². The average molecular weight is 123 g/mol. The van der Waals surface area contributed by atoms with Gasteiger partial charge in [-0.1, -0.05) is 18.7 Å². The normalized spacial score (nSPS) is 12.4. The van der Waals surface area contributed by atoms with E-state index < -0.39 is 0 Å². The first-order valence-corrected chi connectivity index (χ1v) is 3.10. The van der Waals surface area contributed by atoms with E-state index in [0.717, 1.165) is 12.1 Å². The first kappa shape index (κ1) is 8.15. The van der Waals surface area contributed by atoms with Crippen molar-refractivity contribution in [1.29, 1.82) is 0 Å². The molecule has 0 aromatic carbocycles. The van der Waals surface area contributed by atoms with Gasteiger partial charge in [-0.15, -0.1) is 0 Å². The largest absolute Gasteiger partial charge is 0.293 e. The predicted octanol–water partition coefficient (Wildman–Crippen LogP) is 2.21. The molecule has 0 aliphatic carbocycles. The molecule has 0 spiro atoms. The van der Waals surface area contributed by atoms with Crippen LogP contribution >= 0.6 is 0 Å². The molecule has 0 fully saturated rings. The van der Waals surface area contributed by atoms with Gasteiger partial charge < -0.3 is 0 Å². The lowest BCUT2D eigenvalue weighted by Gasteiger charge is -1.84. The highest BCUT2D eigenvalue weighted by Gasteiger charge is 1.75. The SMILES string of the molecule is C=C/C=C(C)/C=N\CC. The van der Waals surface area contributed by atoms with Crippen molar-refractivity contribution in [3.05, 3.63) is 24.3 Å². The Kier molecular flexibility index (Phi) is 4.79. The van der Waals surface area contributed by atoms with Gasteiger partial charge in [-0.3, -0.25) is 4.99 Å². The fourth-order valence-corrected chi connectivity index (χ4v) is 0.464. The molecule has 0 rings (SSSR count). The zero-order valence-electron chi connectivity index (χ0n) is 6.09. The summed E-state index contributed by atoms with van der Waals surface area (Å²) in [6.45, 7) is 8.43. The first-order chi connectivity index (χ1) is 4.31. The minimum absolute atomic E-state index is 0.850. The van der Waals surface area contributed by atoms with Crippen molar-refractivity contribution in [1.82, 2.24) is 0 Å². The van der Waals surface area contributed by atoms with Crippen LogP contribution < -0.4 is 0 Å². The Bertz CT molecular complexity index is 132. The summed E-state index contributed by atoms with van der Waals surface area (Å²) in [4.78, 5) is 4.05. The minimum atomic E-state index is 0.850. The topological polar surface area (TPSA) is 12.4 Å². The Morgan fingerprint density at radius 2 is 2.33 bits per heavy atom. The molecule has 0 radical (unpaired) electrons. The molecule has 0 bridgehead atoms. The van der Waals surface area contributed by atoms with E-state index in [1.54, 1.807) is 6.08 Å². The third-order valence-corrected chi connectivity index (χ3v) is 0.858. The summed E-state index contributed by atoms with van der Waals surface area (Å²) in [5.74, 6) is 0. The standard InChI is InChI=1S/C8H13N/c1-4-6-8(3)7-9-5-2/h4,6-7H,1,5H2,2-3H3/b8-6+,9-7-. The zero-order chi connectivity index (χ0) is 7.11. The van der Waals surface area contributed by atoms with Gasteiger partial charge in [-0.05, 0) is 19.4 Å². The lowest BCUT2D eigenvalue weighted by atomic mass is 10.3. The Morgan fingerprint density at radius 3 is 2.78 bits per heavy atom. The molecule has 0 saturated carbocycles. The molecule has 0 aromatic heterocycles. The van der Waals surface area contributed by atoms with Crippen LogP contribution in [-0.4, -0.2) is 12.8 Å². The molecule has 0 aliphatic rings. The Balaban J connectivity index is 3.74. The third-order valence-electron chi connectivity index (χ3n) is 0.858. The molecule has 0 aliphatic heterocycles. The van der Waals surface area contributed by atoms with Crippen LogP contribution in [0.25, 0.3) is 0 Å². The van der Waals surface area contributed by atoms with Crippen LogP contribution in [0.2, 0.25) is 0 Å². The predicted molar refractivity (Wildman–Crippen MR) is 43.0 cm³/mol. The summed E-state index contributed by atoms with van der Waals surface area (Å²) in [5, 5.41) is 0. The third kappa shape index (κ3) is 5.01. The van der Waals surface area contributed by atoms with Crippen molar-refractivity contribution in [2.24, 2.45) is 4.99 Å². The van der Waals surface area contributed by atoms with Gasteiger partial charge >= 0.3 is 0 Å². The molecular formula is C8H13N. The molecule has 1 nitrogen and oxygen atoms in total. The smallest absolute Gasteiger partial charge is 0.0361 e. The van der Waals surface area contributed by atoms with E-state index in [1.807, 2.05) is 26.1 Å². The summed E-state index contributed by atoms with van der Waals surface area (Å²) in [5.41, 5.74) is 1.15. The quantitative estimate of drug-likeness (QED) is 0.403. The molecule has 0 aromatic rings. The van der Waals surface area contributed by atoms with E-state index in [4.69, 9.17) is 0 Å². The number of aliphatic imine (C=N–C) groups is 1. The van der Waals surface area contributed by atoms with Crippen LogP contribution in [0.5, 0.6) is 0 Å². The van der Waals surface area contributed by atoms with Crippen molar-refractivity contribution < 1.29 is 0 Å². The number of hydrogen-bond acceptors (Lipinski definition) is 1. The highest BCUT2D eigenvalue weighted by Crippen LogP contribution is 1.86. The van der Waals surface area contributed by atoms with E-state index in [1.165, 1.54) is 0 Å². The Hall–Kier alpha value is -0.850. The lowest BCUT2D eigenvalue weighted by molar-refractivity contribution is 1.14. The van der Waals surface area contributed by atoms with Crippen LogP contribution in [-0.2, 0) is 0 Å². The van der Waals surface area contributed by atoms with E-state index in [9.17, 15) is 0 Å². The summed E-state index contributed by atoms with van der Waals surface area (Å²) in [6.07, 6.45) is 5.54.